The lowest BCUT2D eigenvalue weighted by atomic mass is 10.1. The lowest BCUT2D eigenvalue weighted by Gasteiger charge is -2.31. The summed E-state index contributed by atoms with van der Waals surface area (Å²) in [5.41, 5.74) is 0.814. The Morgan fingerprint density at radius 1 is 1.62 bits per heavy atom. The van der Waals surface area contributed by atoms with Crippen LogP contribution in [0.3, 0.4) is 0 Å². The Morgan fingerprint density at radius 3 is 2.94 bits per heavy atom. The summed E-state index contributed by atoms with van der Waals surface area (Å²) in [5.74, 6) is -0.114. The van der Waals surface area contributed by atoms with Crippen molar-refractivity contribution in [2.24, 2.45) is 7.05 Å². The third kappa shape index (κ3) is 1.91. The van der Waals surface area contributed by atoms with Crippen LogP contribution in [0.1, 0.15) is 11.7 Å². The Balaban J connectivity index is 2.28. The molecule has 1 atom stereocenters. The maximum absolute atomic E-state index is 10.6. The zero-order valence-electron chi connectivity index (χ0n) is 9.29. The van der Waals surface area contributed by atoms with Crippen LogP contribution in [0.2, 0.25) is 0 Å². The van der Waals surface area contributed by atoms with E-state index in [1.165, 1.54) is 6.07 Å². The molecule has 0 spiro atoms. The molecule has 1 saturated heterocycles. The van der Waals surface area contributed by atoms with Crippen LogP contribution in [0.4, 0.5) is 5.82 Å². The van der Waals surface area contributed by atoms with Crippen molar-refractivity contribution >= 4 is 5.82 Å². The van der Waals surface area contributed by atoms with Crippen LogP contribution in [-0.4, -0.2) is 46.4 Å². The van der Waals surface area contributed by atoms with Gasteiger partial charge in [-0.15, -0.1) is 0 Å². The number of aryl methyl sites for hydroxylation is 1. The molecule has 1 aromatic heterocycles. The molecular formula is C9H14N4O3. The molecule has 88 valence electrons. The quantitative estimate of drug-likeness (QED) is 0.536. The molecule has 1 fully saturated rings. The van der Waals surface area contributed by atoms with Crippen molar-refractivity contribution in [3.63, 3.8) is 0 Å². The van der Waals surface area contributed by atoms with Crippen molar-refractivity contribution in [2.75, 3.05) is 26.8 Å². The number of hydrogen-bond donors (Lipinski definition) is 0. The fourth-order valence-electron chi connectivity index (χ4n) is 1.86. The number of aromatic nitrogens is 2. The van der Waals surface area contributed by atoms with E-state index in [4.69, 9.17) is 4.74 Å². The van der Waals surface area contributed by atoms with Crippen molar-refractivity contribution in [1.82, 2.24) is 14.7 Å². The highest BCUT2D eigenvalue weighted by atomic mass is 16.6. The highest BCUT2D eigenvalue weighted by molar-refractivity contribution is 5.24. The zero-order valence-corrected chi connectivity index (χ0v) is 9.29. The average molecular weight is 226 g/mol. The molecule has 0 radical (unpaired) electrons. The summed E-state index contributed by atoms with van der Waals surface area (Å²) in [4.78, 5) is 12.3. The van der Waals surface area contributed by atoms with Crippen LogP contribution >= 0.6 is 0 Å². The van der Waals surface area contributed by atoms with Gasteiger partial charge in [0, 0.05) is 6.54 Å². The van der Waals surface area contributed by atoms with Crippen LogP contribution in [0.25, 0.3) is 0 Å². The van der Waals surface area contributed by atoms with E-state index in [1.54, 1.807) is 11.7 Å². The first-order valence-corrected chi connectivity index (χ1v) is 5.06. The van der Waals surface area contributed by atoms with Gasteiger partial charge in [0.25, 0.3) is 0 Å². The number of likely N-dealkylation sites (N-methyl/N-ethyl adjacent to an activating group) is 1. The molecule has 0 saturated carbocycles. The van der Waals surface area contributed by atoms with Gasteiger partial charge in [-0.05, 0) is 12.0 Å². The number of hydrogen-bond acceptors (Lipinski definition) is 5. The number of morpholine rings is 1. The molecule has 7 heteroatoms. The number of rotatable bonds is 2. The van der Waals surface area contributed by atoms with Crippen LogP contribution in [0.5, 0.6) is 0 Å². The van der Waals surface area contributed by atoms with Crippen LogP contribution in [0, 0.1) is 10.1 Å². The Morgan fingerprint density at radius 2 is 2.38 bits per heavy atom. The van der Waals surface area contributed by atoms with Crippen LogP contribution in [-0.2, 0) is 11.8 Å². The molecule has 7 nitrogen and oxygen atoms in total. The van der Waals surface area contributed by atoms with Gasteiger partial charge in [-0.25, -0.2) is 0 Å². The normalized spacial score (nSPS) is 22.2. The highest BCUT2D eigenvalue weighted by Gasteiger charge is 2.28. The maximum atomic E-state index is 10.6. The van der Waals surface area contributed by atoms with Gasteiger partial charge >= 0.3 is 5.82 Å². The van der Waals surface area contributed by atoms with Gasteiger partial charge in [-0.3, -0.25) is 4.90 Å². The van der Waals surface area contributed by atoms with Gasteiger partial charge in [-0.2, -0.15) is 4.68 Å². The second kappa shape index (κ2) is 4.18. The van der Waals surface area contributed by atoms with E-state index in [1.807, 2.05) is 7.05 Å². The molecule has 0 aromatic carbocycles. The largest absolute Gasteiger partial charge is 0.390 e. The topological polar surface area (TPSA) is 73.4 Å². The van der Waals surface area contributed by atoms with E-state index in [2.05, 4.69) is 10.00 Å². The summed E-state index contributed by atoms with van der Waals surface area (Å²) in [6.45, 7) is 2.07. The molecule has 0 amide bonds. The minimum Gasteiger partial charge on any atom is -0.378 e. The van der Waals surface area contributed by atoms with Crippen molar-refractivity contribution in [3.8, 4) is 0 Å². The molecule has 1 aromatic rings. The molecule has 0 aliphatic carbocycles. The molecule has 0 N–H and O–H groups in total. The van der Waals surface area contributed by atoms with E-state index in [0.29, 0.717) is 13.2 Å². The third-order valence-electron chi connectivity index (χ3n) is 2.83. The van der Waals surface area contributed by atoms with Crippen molar-refractivity contribution in [2.45, 2.75) is 6.04 Å². The van der Waals surface area contributed by atoms with Crippen LogP contribution < -0.4 is 0 Å². The van der Waals surface area contributed by atoms with Gasteiger partial charge in [0.2, 0.25) is 0 Å². The monoisotopic (exact) mass is 226 g/mol. The molecule has 1 unspecified atom stereocenters. The summed E-state index contributed by atoms with van der Waals surface area (Å²) < 4.78 is 6.93. The Kier molecular flexibility index (Phi) is 2.88. The summed E-state index contributed by atoms with van der Waals surface area (Å²) in [5, 5.41) is 14.5. The molecule has 2 rings (SSSR count). The van der Waals surface area contributed by atoms with E-state index >= 15 is 0 Å². The second-order valence-electron chi connectivity index (χ2n) is 3.88. The standard InChI is InChI=1S/C9H14N4O3/c1-11-3-4-16-6-8(11)7-5-9(13(14)15)10-12(7)2/h5,8H,3-4,6H2,1-2H3. The van der Waals surface area contributed by atoms with Crippen LogP contribution in [0.15, 0.2) is 6.07 Å². The van der Waals surface area contributed by atoms with Crippen molar-refractivity contribution in [3.05, 3.63) is 21.9 Å². The smallest absolute Gasteiger partial charge is 0.378 e. The van der Waals surface area contributed by atoms with E-state index < -0.39 is 4.92 Å². The fraction of sp³-hybridized carbons (Fsp3) is 0.667. The predicted octanol–water partition coefficient (Wildman–Crippen LogP) is 0.331. The van der Waals surface area contributed by atoms with Gasteiger partial charge < -0.3 is 14.9 Å². The third-order valence-corrected chi connectivity index (χ3v) is 2.83. The Bertz CT molecular complexity index is 403. The summed E-state index contributed by atoms with van der Waals surface area (Å²) >= 11 is 0. The van der Waals surface area contributed by atoms with Gasteiger partial charge in [0.15, 0.2) is 0 Å². The lowest BCUT2D eigenvalue weighted by Crippen LogP contribution is -2.37. The van der Waals surface area contributed by atoms with Gasteiger partial charge in [0.1, 0.15) is 0 Å². The number of ether oxygens (including phenoxy) is 1. The SMILES string of the molecule is CN1CCOCC1c1cc([N+](=O)[O-])nn1C. The summed E-state index contributed by atoms with van der Waals surface area (Å²) in [6.07, 6.45) is 0. The molecule has 1 aliphatic heterocycles. The van der Waals surface area contributed by atoms with E-state index in [0.717, 1.165) is 12.2 Å². The average Bonchev–Trinajstić information content (AvgIpc) is 2.61. The number of nitrogens with zero attached hydrogens (tertiary/aromatic N) is 4. The fourth-order valence-corrected chi connectivity index (χ4v) is 1.86. The number of nitro groups is 1. The van der Waals surface area contributed by atoms with Gasteiger partial charge in [0.05, 0.1) is 43.2 Å². The lowest BCUT2D eigenvalue weighted by molar-refractivity contribution is -0.389. The maximum Gasteiger partial charge on any atom is 0.390 e. The Hall–Kier alpha value is -1.47. The Labute approximate surface area is 92.7 Å². The zero-order chi connectivity index (χ0) is 11.7. The molecule has 16 heavy (non-hydrogen) atoms. The van der Waals surface area contributed by atoms with Gasteiger partial charge in [-0.1, -0.05) is 0 Å². The highest BCUT2D eigenvalue weighted by Crippen LogP contribution is 2.24. The van der Waals surface area contributed by atoms with E-state index in [-0.39, 0.29) is 11.9 Å². The van der Waals surface area contributed by atoms with E-state index in [9.17, 15) is 10.1 Å². The second-order valence-corrected chi connectivity index (χ2v) is 3.88. The molecule has 0 bridgehead atoms. The van der Waals surface area contributed by atoms with Crippen molar-refractivity contribution < 1.29 is 9.66 Å². The van der Waals surface area contributed by atoms with Crippen molar-refractivity contribution in [1.29, 1.82) is 0 Å². The first kappa shape index (κ1) is 11.0. The molecular weight excluding hydrogens is 212 g/mol. The summed E-state index contributed by atoms with van der Waals surface area (Å²) in [6, 6.07) is 1.55. The first-order valence-electron chi connectivity index (χ1n) is 5.06. The predicted molar refractivity (Wildman–Crippen MR) is 56.1 cm³/mol. The minimum absolute atomic E-state index is 0.0416. The molecule has 1 aliphatic rings. The summed E-state index contributed by atoms with van der Waals surface area (Å²) in [7, 11) is 3.69. The first-order chi connectivity index (χ1) is 7.59. The molecule has 2 heterocycles. The minimum atomic E-state index is -0.479.